The second kappa shape index (κ2) is 7.62. The van der Waals surface area contributed by atoms with E-state index in [0.29, 0.717) is 42.4 Å². The molecule has 0 bridgehead atoms. The Balaban J connectivity index is 1.68. The first-order valence-electron chi connectivity index (χ1n) is 9.62. The average Bonchev–Trinajstić information content (AvgIpc) is 2.70. The number of hydrogen-bond acceptors (Lipinski definition) is 0. The maximum absolute atomic E-state index is 15.1. The maximum atomic E-state index is 15.1. The lowest BCUT2D eigenvalue weighted by molar-refractivity contribution is 0.481. The van der Waals surface area contributed by atoms with Gasteiger partial charge in [0.05, 0.1) is 0 Å². The Morgan fingerprint density at radius 3 is 2.21 bits per heavy atom. The van der Waals surface area contributed by atoms with Gasteiger partial charge in [0, 0.05) is 11.1 Å². The van der Waals surface area contributed by atoms with Crippen LogP contribution in [0.5, 0.6) is 0 Å². The van der Waals surface area contributed by atoms with Crippen molar-refractivity contribution in [2.24, 2.45) is 0 Å². The van der Waals surface area contributed by atoms with E-state index in [1.165, 1.54) is 24.3 Å². The minimum absolute atomic E-state index is 0.0536. The summed E-state index contributed by atoms with van der Waals surface area (Å²) < 4.78 is 70.8. The summed E-state index contributed by atoms with van der Waals surface area (Å²) in [5.74, 6) is -4.02. The van der Waals surface area contributed by atoms with Crippen LogP contribution in [0.15, 0.2) is 42.5 Å². The van der Waals surface area contributed by atoms with E-state index in [0.717, 1.165) is 12.1 Å². The number of hydrogen-bond donors (Lipinski definition) is 0. The summed E-state index contributed by atoms with van der Waals surface area (Å²) >= 11 is 0. The predicted molar refractivity (Wildman–Crippen MR) is 102 cm³/mol. The quantitative estimate of drug-likeness (QED) is 0.419. The highest BCUT2D eigenvalue weighted by Crippen LogP contribution is 2.39. The molecular weight excluding hydrogens is 383 g/mol. The third kappa shape index (κ3) is 3.54. The first kappa shape index (κ1) is 19.6. The third-order valence-electron chi connectivity index (χ3n) is 5.74. The molecule has 29 heavy (non-hydrogen) atoms. The summed E-state index contributed by atoms with van der Waals surface area (Å²) in [4.78, 5) is 0. The van der Waals surface area contributed by atoms with Gasteiger partial charge in [0.25, 0.3) is 0 Å². The van der Waals surface area contributed by atoms with Crippen LogP contribution >= 0.6 is 0 Å². The van der Waals surface area contributed by atoms with E-state index in [1.807, 2.05) is 6.92 Å². The van der Waals surface area contributed by atoms with Gasteiger partial charge in [-0.15, -0.1) is 0 Å². The van der Waals surface area contributed by atoms with Crippen molar-refractivity contribution >= 4 is 0 Å². The summed E-state index contributed by atoms with van der Waals surface area (Å²) in [5.41, 5.74) is 2.24. The molecule has 0 spiro atoms. The Morgan fingerprint density at radius 2 is 1.55 bits per heavy atom. The van der Waals surface area contributed by atoms with Crippen molar-refractivity contribution in [3.8, 4) is 11.1 Å². The van der Waals surface area contributed by atoms with Crippen molar-refractivity contribution in [1.29, 1.82) is 0 Å². The van der Waals surface area contributed by atoms with Crippen molar-refractivity contribution in [2.45, 2.75) is 38.5 Å². The second-order valence-corrected chi connectivity index (χ2v) is 7.46. The van der Waals surface area contributed by atoms with Crippen LogP contribution < -0.4 is 0 Å². The van der Waals surface area contributed by atoms with Crippen LogP contribution in [0.4, 0.5) is 22.0 Å². The van der Waals surface area contributed by atoms with Gasteiger partial charge >= 0.3 is 0 Å². The van der Waals surface area contributed by atoms with Gasteiger partial charge in [0.2, 0.25) is 0 Å². The first-order valence-corrected chi connectivity index (χ1v) is 9.62. The van der Waals surface area contributed by atoms with Gasteiger partial charge < -0.3 is 0 Å². The maximum Gasteiger partial charge on any atom is 0.159 e. The molecule has 0 N–H and O–H groups in total. The zero-order chi connectivity index (χ0) is 20.7. The van der Waals surface area contributed by atoms with Crippen LogP contribution in [0.3, 0.4) is 0 Å². The minimum atomic E-state index is -1.04. The molecule has 0 aliphatic heterocycles. The Bertz CT molecular complexity index is 1060. The average molecular weight is 402 g/mol. The molecule has 0 aromatic heterocycles. The molecular formula is C24H19F5. The van der Waals surface area contributed by atoms with E-state index in [9.17, 15) is 17.6 Å². The van der Waals surface area contributed by atoms with E-state index < -0.39 is 29.1 Å². The van der Waals surface area contributed by atoms with E-state index in [1.54, 1.807) is 6.07 Å². The fourth-order valence-electron chi connectivity index (χ4n) is 4.17. The summed E-state index contributed by atoms with van der Waals surface area (Å²) in [5, 5.41) is 0. The molecule has 0 amide bonds. The highest BCUT2D eigenvalue weighted by Gasteiger charge is 2.28. The fraction of sp³-hybridized carbons (Fsp3) is 0.250. The summed E-state index contributed by atoms with van der Waals surface area (Å²) in [7, 11) is 0. The van der Waals surface area contributed by atoms with Crippen LogP contribution in [0.2, 0.25) is 0 Å². The number of rotatable bonds is 3. The van der Waals surface area contributed by atoms with E-state index >= 15 is 4.39 Å². The Hall–Kier alpha value is -2.69. The van der Waals surface area contributed by atoms with Crippen LogP contribution in [-0.2, 0) is 19.3 Å². The predicted octanol–water partition coefficient (Wildman–Crippen LogP) is 6.88. The zero-order valence-electron chi connectivity index (χ0n) is 15.8. The summed E-state index contributed by atoms with van der Waals surface area (Å²) in [6, 6.07) is 9.20. The number of halogens is 5. The topological polar surface area (TPSA) is 0 Å². The molecule has 150 valence electrons. The van der Waals surface area contributed by atoms with Gasteiger partial charge in [-0.05, 0) is 78.1 Å². The van der Waals surface area contributed by atoms with Gasteiger partial charge in [-0.25, -0.2) is 22.0 Å². The van der Waals surface area contributed by atoms with E-state index in [2.05, 4.69) is 0 Å². The Morgan fingerprint density at radius 1 is 0.828 bits per heavy atom. The molecule has 3 aromatic carbocycles. The van der Waals surface area contributed by atoms with Crippen LogP contribution in [0, 0.1) is 29.1 Å². The van der Waals surface area contributed by atoms with Gasteiger partial charge in [0.1, 0.15) is 17.5 Å². The normalized spacial score (nSPS) is 16.0. The molecule has 1 aliphatic carbocycles. The molecule has 0 saturated heterocycles. The van der Waals surface area contributed by atoms with Crippen LogP contribution in [-0.4, -0.2) is 0 Å². The first-order chi connectivity index (χ1) is 13.9. The molecule has 1 atom stereocenters. The molecule has 0 fully saturated rings. The van der Waals surface area contributed by atoms with Crippen molar-refractivity contribution in [1.82, 2.24) is 0 Å². The van der Waals surface area contributed by atoms with Gasteiger partial charge in [-0.3, -0.25) is 0 Å². The molecule has 3 aromatic rings. The second-order valence-electron chi connectivity index (χ2n) is 7.46. The number of aryl methyl sites for hydroxylation is 1. The molecule has 4 rings (SSSR count). The standard InChI is InChI=1S/C24H19F5/c1-2-13-9-21(27)23(22(28)10-13)16-4-7-17-14(11-16)3-6-18(24(17)29)15-5-8-19(25)20(26)12-15/h3,5-6,8-10,12,16H,2,4,7,11H2,1H3. The fourth-order valence-corrected chi connectivity index (χ4v) is 4.17. The van der Waals surface area contributed by atoms with Crippen molar-refractivity contribution in [2.75, 3.05) is 0 Å². The largest absolute Gasteiger partial charge is 0.207 e. The number of benzene rings is 3. The molecule has 0 radical (unpaired) electrons. The zero-order valence-corrected chi connectivity index (χ0v) is 15.8. The SMILES string of the molecule is CCc1cc(F)c(C2CCc3c(ccc(-c4ccc(F)c(F)c4)c3F)C2)c(F)c1. The van der Waals surface area contributed by atoms with Crippen molar-refractivity contribution in [3.05, 3.63) is 93.8 Å². The molecule has 1 aliphatic rings. The summed E-state index contributed by atoms with van der Waals surface area (Å²) in [6.45, 7) is 1.83. The Labute approximate surface area is 166 Å². The van der Waals surface area contributed by atoms with E-state index in [4.69, 9.17) is 0 Å². The lowest BCUT2D eigenvalue weighted by atomic mass is 9.78. The molecule has 0 heterocycles. The molecule has 0 saturated carbocycles. The van der Waals surface area contributed by atoms with E-state index in [-0.39, 0.29) is 22.6 Å². The van der Waals surface area contributed by atoms with Gasteiger partial charge in [-0.1, -0.05) is 25.1 Å². The number of fused-ring (bicyclic) bond motifs is 1. The van der Waals surface area contributed by atoms with Crippen LogP contribution in [0.25, 0.3) is 11.1 Å². The molecule has 1 unspecified atom stereocenters. The lowest BCUT2D eigenvalue weighted by Gasteiger charge is -2.27. The monoisotopic (exact) mass is 402 g/mol. The van der Waals surface area contributed by atoms with Crippen LogP contribution in [0.1, 0.15) is 41.5 Å². The van der Waals surface area contributed by atoms with Gasteiger partial charge in [-0.2, -0.15) is 0 Å². The highest BCUT2D eigenvalue weighted by molar-refractivity contribution is 5.66. The Kier molecular flexibility index (Phi) is 5.15. The highest BCUT2D eigenvalue weighted by atomic mass is 19.2. The van der Waals surface area contributed by atoms with Crippen molar-refractivity contribution < 1.29 is 22.0 Å². The molecule has 0 nitrogen and oxygen atoms in total. The minimum Gasteiger partial charge on any atom is -0.207 e. The van der Waals surface area contributed by atoms with Gasteiger partial charge in [0.15, 0.2) is 11.6 Å². The molecule has 5 heteroatoms. The summed E-state index contributed by atoms with van der Waals surface area (Å²) in [6.07, 6.45) is 1.59. The smallest absolute Gasteiger partial charge is 0.159 e. The lowest BCUT2D eigenvalue weighted by Crippen LogP contribution is -2.17. The van der Waals surface area contributed by atoms with Crippen molar-refractivity contribution in [3.63, 3.8) is 0 Å². The third-order valence-corrected chi connectivity index (χ3v) is 5.74.